The van der Waals surface area contributed by atoms with Crippen molar-refractivity contribution in [3.63, 3.8) is 0 Å². The van der Waals surface area contributed by atoms with E-state index < -0.39 is 10.0 Å². The molecule has 0 atom stereocenters. The summed E-state index contributed by atoms with van der Waals surface area (Å²) in [5.41, 5.74) is 2.53. The molecular weight excluding hydrogens is 429 g/mol. The number of rotatable bonds is 6. The molecule has 4 aromatic rings. The van der Waals surface area contributed by atoms with Gasteiger partial charge < -0.3 is 4.74 Å². The third-order valence-electron chi connectivity index (χ3n) is 4.74. The molecule has 0 unspecified atom stereocenters. The Morgan fingerprint density at radius 1 is 1.06 bits per heavy atom. The molecule has 0 radical (unpaired) electrons. The maximum atomic E-state index is 13.3. The molecule has 0 fully saturated rings. The number of halogens is 1. The highest BCUT2D eigenvalue weighted by Gasteiger charge is 2.16. The van der Waals surface area contributed by atoms with Crippen LogP contribution in [-0.4, -0.2) is 20.0 Å². The summed E-state index contributed by atoms with van der Waals surface area (Å²) in [6.45, 7) is 2.25. The molecule has 0 aliphatic rings. The van der Waals surface area contributed by atoms with Crippen LogP contribution in [0.25, 0.3) is 22.2 Å². The number of hydrogen-bond donors (Lipinski definition) is 1. The van der Waals surface area contributed by atoms with Crippen LogP contribution in [0.15, 0.2) is 77.7 Å². The fraction of sp³-hybridized carbons (Fsp3) is 0.0833. The van der Waals surface area contributed by atoms with Crippen LogP contribution in [0.5, 0.6) is 5.75 Å². The first-order chi connectivity index (χ1) is 15.4. The van der Waals surface area contributed by atoms with Gasteiger partial charge in [-0.05, 0) is 67.6 Å². The molecule has 0 aliphatic heterocycles. The molecule has 4 rings (SSSR count). The summed E-state index contributed by atoms with van der Waals surface area (Å²) >= 11 is 0. The van der Waals surface area contributed by atoms with Gasteiger partial charge in [0.2, 0.25) is 0 Å². The number of nitrogens with zero attached hydrogens (tertiary/aromatic N) is 2. The van der Waals surface area contributed by atoms with Crippen molar-refractivity contribution in [2.24, 2.45) is 0 Å². The van der Waals surface area contributed by atoms with Crippen LogP contribution in [0.4, 0.5) is 10.1 Å². The smallest absolute Gasteiger partial charge is 0.261 e. The molecular formula is C24H18FN3O3S. The SMILES string of the molecule is CCOc1cc(-c2ccc(F)cc2)nc2ccc(NS(=O)(=O)c3cccc(C#N)c3)cc12. The fourth-order valence-electron chi connectivity index (χ4n) is 3.25. The number of pyridine rings is 1. The van der Waals surface area contributed by atoms with Gasteiger partial charge in [0.1, 0.15) is 11.6 Å². The van der Waals surface area contributed by atoms with E-state index in [1.165, 1.54) is 36.4 Å². The number of hydrogen-bond acceptors (Lipinski definition) is 5. The predicted octanol–water partition coefficient (Wildman–Crippen LogP) is 5.11. The second-order valence-corrected chi connectivity index (χ2v) is 8.61. The molecule has 0 amide bonds. The first-order valence-corrected chi connectivity index (χ1v) is 11.2. The van der Waals surface area contributed by atoms with E-state index in [1.807, 2.05) is 13.0 Å². The maximum Gasteiger partial charge on any atom is 0.261 e. The van der Waals surface area contributed by atoms with Crippen LogP contribution in [0.2, 0.25) is 0 Å². The topological polar surface area (TPSA) is 92.1 Å². The van der Waals surface area contributed by atoms with Gasteiger partial charge in [-0.3, -0.25) is 4.72 Å². The zero-order valence-corrected chi connectivity index (χ0v) is 17.9. The molecule has 3 aromatic carbocycles. The number of ether oxygens (including phenoxy) is 1. The van der Waals surface area contributed by atoms with Gasteiger partial charge in [-0.1, -0.05) is 6.07 Å². The summed E-state index contributed by atoms with van der Waals surface area (Å²) in [5, 5.41) is 9.66. The fourth-order valence-corrected chi connectivity index (χ4v) is 4.34. The van der Waals surface area contributed by atoms with Crippen LogP contribution < -0.4 is 9.46 Å². The van der Waals surface area contributed by atoms with Crippen LogP contribution in [-0.2, 0) is 10.0 Å². The average molecular weight is 447 g/mol. The highest BCUT2D eigenvalue weighted by atomic mass is 32.2. The van der Waals surface area contributed by atoms with Gasteiger partial charge in [0.05, 0.1) is 34.3 Å². The summed E-state index contributed by atoms with van der Waals surface area (Å²) in [6.07, 6.45) is 0. The van der Waals surface area contributed by atoms with E-state index in [0.717, 1.165) is 5.56 Å². The Morgan fingerprint density at radius 3 is 2.56 bits per heavy atom. The second-order valence-electron chi connectivity index (χ2n) is 6.92. The highest BCUT2D eigenvalue weighted by Crippen LogP contribution is 2.32. The minimum Gasteiger partial charge on any atom is -0.493 e. The van der Waals surface area contributed by atoms with Crippen molar-refractivity contribution in [1.29, 1.82) is 5.26 Å². The summed E-state index contributed by atoms with van der Waals surface area (Å²) < 4.78 is 47.2. The molecule has 1 N–H and O–H groups in total. The Kier molecular flexibility index (Phi) is 5.75. The van der Waals surface area contributed by atoms with Gasteiger partial charge in [0, 0.05) is 22.7 Å². The number of aromatic nitrogens is 1. The molecule has 1 aromatic heterocycles. The Bertz CT molecular complexity index is 1450. The van der Waals surface area contributed by atoms with Crippen LogP contribution >= 0.6 is 0 Å². The van der Waals surface area contributed by atoms with E-state index >= 15 is 0 Å². The largest absolute Gasteiger partial charge is 0.493 e. The Morgan fingerprint density at radius 2 is 1.84 bits per heavy atom. The van der Waals surface area contributed by atoms with E-state index in [0.29, 0.717) is 34.6 Å². The van der Waals surface area contributed by atoms with Crippen LogP contribution in [0.1, 0.15) is 12.5 Å². The zero-order valence-electron chi connectivity index (χ0n) is 17.0. The van der Waals surface area contributed by atoms with Crippen molar-refractivity contribution >= 4 is 26.6 Å². The summed E-state index contributed by atoms with van der Waals surface area (Å²) in [4.78, 5) is 4.61. The van der Waals surface area contributed by atoms with Gasteiger partial charge in [-0.15, -0.1) is 0 Å². The van der Waals surface area contributed by atoms with Crippen LogP contribution in [0, 0.1) is 17.1 Å². The van der Waals surface area contributed by atoms with Crippen molar-refractivity contribution in [2.45, 2.75) is 11.8 Å². The molecule has 0 aliphatic carbocycles. The quantitative estimate of drug-likeness (QED) is 0.443. The lowest BCUT2D eigenvalue weighted by molar-refractivity contribution is 0.344. The van der Waals surface area contributed by atoms with E-state index in [1.54, 1.807) is 36.4 Å². The number of nitrogens with one attached hydrogen (secondary N) is 1. The number of fused-ring (bicyclic) bond motifs is 1. The molecule has 6 nitrogen and oxygen atoms in total. The maximum absolute atomic E-state index is 13.3. The van der Waals surface area contributed by atoms with E-state index in [4.69, 9.17) is 10.00 Å². The standard InChI is InChI=1S/C24H18FN3O3S/c1-2-31-24-14-23(17-6-8-18(25)9-7-17)27-22-11-10-19(13-21(22)24)28-32(29,30)20-5-3-4-16(12-20)15-26/h3-14,28H,2H2,1H3. The number of nitriles is 1. The average Bonchev–Trinajstić information content (AvgIpc) is 2.79. The molecule has 32 heavy (non-hydrogen) atoms. The number of anilines is 1. The number of sulfonamides is 1. The Labute approximate surface area is 185 Å². The lowest BCUT2D eigenvalue weighted by atomic mass is 10.1. The molecule has 0 saturated heterocycles. The minimum absolute atomic E-state index is 0.00791. The van der Waals surface area contributed by atoms with E-state index in [2.05, 4.69) is 9.71 Å². The highest BCUT2D eigenvalue weighted by molar-refractivity contribution is 7.92. The van der Waals surface area contributed by atoms with Gasteiger partial charge >= 0.3 is 0 Å². The molecule has 8 heteroatoms. The third kappa shape index (κ3) is 4.38. The molecule has 0 bridgehead atoms. The van der Waals surface area contributed by atoms with Crippen molar-refractivity contribution in [2.75, 3.05) is 11.3 Å². The predicted molar refractivity (Wildman–Crippen MR) is 120 cm³/mol. The van der Waals surface area contributed by atoms with Crippen molar-refractivity contribution in [3.8, 4) is 23.1 Å². The van der Waals surface area contributed by atoms with Crippen molar-refractivity contribution < 1.29 is 17.5 Å². The van der Waals surface area contributed by atoms with Gasteiger partial charge in [-0.25, -0.2) is 17.8 Å². The lowest BCUT2D eigenvalue weighted by Gasteiger charge is -2.13. The monoisotopic (exact) mass is 447 g/mol. The van der Waals surface area contributed by atoms with E-state index in [-0.39, 0.29) is 16.3 Å². The number of benzene rings is 3. The first-order valence-electron chi connectivity index (χ1n) is 9.76. The van der Waals surface area contributed by atoms with E-state index in [9.17, 15) is 12.8 Å². The molecule has 1 heterocycles. The minimum atomic E-state index is -3.89. The first kappa shape index (κ1) is 21.3. The molecule has 0 saturated carbocycles. The van der Waals surface area contributed by atoms with Crippen molar-refractivity contribution in [3.05, 3.63) is 84.2 Å². The molecule has 160 valence electrons. The third-order valence-corrected chi connectivity index (χ3v) is 6.12. The van der Waals surface area contributed by atoms with Crippen molar-refractivity contribution in [1.82, 2.24) is 4.98 Å². The second kappa shape index (κ2) is 8.65. The normalized spacial score (nSPS) is 11.2. The van der Waals surface area contributed by atoms with Crippen LogP contribution in [0.3, 0.4) is 0 Å². The summed E-state index contributed by atoms with van der Waals surface area (Å²) in [7, 11) is -3.89. The summed E-state index contributed by atoms with van der Waals surface area (Å²) in [6, 6.07) is 20.4. The summed E-state index contributed by atoms with van der Waals surface area (Å²) in [5.74, 6) is 0.196. The Hall–Kier alpha value is -3.96. The van der Waals surface area contributed by atoms with Gasteiger partial charge in [0.25, 0.3) is 10.0 Å². The zero-order chi connectivity index (χ0) is 22.7. The molecule has 0 spiro atoms. The lowest BCUT2D eigenvalue weighted by Crippen LogP contribution is -2.13. The van der Waals surface area contributed by atoms with Gasteiger partial charge in [0.15, 0.2) is 0 Å². The van der Waals surface area contributed by atoms with Gasteiger partial charge in [-0.2, -0.15) is 5.26 Å². The Balaban J connectivity index is 1.74.